The summed E-state index contributed by atoms with van der Waals surface area (Å²) in [5, 5.41) is 12.1. The Hall–Kier alpha value is -0.610. The van der Waals surface area contributed by atoms with Crippen molar-refractivity contribution in [2.45, 2.75) is 70.4 Å². The molecule has 0 spiro atoms. The average Bonchev–Trinajstić information content (AvgIpc) is 2.38. The lowest BCUT2D eigenvalue weighted by Gasteiger charge is -2.40. The van der Waals surface area contributed by atoms with Gasteiger partial charge in [-0.15, -0.1) is 0 Å². The van der Waals surface area contributed by atoms with Crippen LogP contribution in [0.3, 0.4) is 0 Å². The van der Waals surface area contributed by atoms with E-state index >= 15 is 0 Å². The highest BCUT2D eigenvalue weighted by atomic mass is 16.5. The molecule has 1 atom stereocenters. The van der Waals surface area contributed by atoms with Gasteiger partial charge in [-0.1, -0.05) is 13.8 Å². The smallest absolute Gasteiger partial charge is 0.303 e. The molecule has 0 aliphatic carbocycles. The fourth-order valence-electron chi connectivity index (χ4n) is 2.65. The highest BCUT2D eigenvalue weighted by molar-refractivity contribution is 5.66. The quantitative estimate of drug-likeness (QED) is 0.656. The predicted octanol–water partition coefficient (Wildman–Crippen LogP) is 2.57. The van der Waals surface area contributed by atoms with Crippen LogP contribution in [-0.2, 0) is 9.53 Å². The summed E-state index contributed by atoms with van der Waals surface area (Å²) in [7, 11) is 0. The molecular formula is C14H27NO3. The summed E-state index contributed by atoms with van der Waals surface area (Å²) >= 11 is 0. The molecular weight excluding hydrogens is 230 g/mol. The van der Waals surface area contributed by atoms with Crippen molar-refractivity contribution in [3.63, 3.8) is 0 Å². The Kier molecular flexibility index (Phi) is 6.65. The molecule has 0 amide bonds. The Labute approximate surface area is 110 Å². The number of carboxylic acids is 1. The molecule has 1 aliphatic rings. The Morgan fingerprint density at radius 1 is 1.39 bits per heavy atom. The second kappa shape index (κ2) is 7.74. The zero-order chi connectivity index (χ0) is 13.4. The van der Waals surface area contributed by atoms with Crippen molar-refractivity contribution in [2.75, 3.05) is 13.2 Å². The van der Waals surface area contributed by atoms with Gasteiger partial charge in [0.15, 0.2) is 0 Å². The number of aliphatic carboxylic acids is 1. The molecule has 1 fully saturated rings. The lowest BCUT2D eigenvalue weighted by molar-refractivity contribution is -0.137. The molecule has 0 aromatic rings. The Balaban J connectivity index is 2.20. The van der Waals surface area contributed by atoms with Crippen LogP contribution in [0.5, 0.6) is 0 Å². The molecule has 4 heteroatoms. The number of ether oxygens (including phenoxy) is 1. The van der Waals surface area contributed by atoms with E-state index in [1.165, 1.54) is 0 Å². The number of carboxylic acid groups (broad SMARTS) is 1. The lowest BCUT2D eigenvalue weighted by atomic mass is 9.86. The molecule has 1 rings (SSSR count). The second-order valence-electron chi connectivity index (χ2n) is 5.23. The largest absolute Gasteiger partial charge is 0.481 e. The van der Waals surface area contributed by atoms with Crippen molar-refractivity contribution in [1.82, 2.24) is 5.32 Å². The number of unbranched alkanes of at least 4 members (excludes halogenated alkanes) is 1. The third-order valence-corrected chi connectivity index (χ3v) is 4.03. The average molecular weight is 257 g/mol. The summed E-state index contributed by atoms with van der Waals surface area (Å²) in [6.45, 7) is 6.15. The van der Waals surface area contributed by atoms with Crippen LogP contribution >= 0.6 is 0 Å². The normalized spacial score (nSPS) is 22.9. The molecule has 1 saturated heterocycles. The van der Waals surface area contributed by atoms with Gasteiger partial charge in [-0.2, -0.15) is 0 Å². The van der Waals surface area contributed by atoms with E-state index in [1.54, 1.807) is 0 Å². The van der Waals surface area contributed by atoms with E-state index < -0.39 is 5.97 Å². The number of nitrogens with one attached hydrogen (secondary N) is 1. The van der Waals surface area contributed by atoms with Gasteiger partial charge in [-0.3, -0.25) is 4.79 Å². The van der Waals surface area contributed by atoms with Gasteiger partial charge in [0, 0.05) is 19.1 Å². The van der Waals surface area contributed by atoms with Crippen molar-refractivity contribution in [3.05, 3.63) is 0 Å². The first-order chi connectivity index (χ1) is 8.62. The summed E-state index contributed by atoms with van der Waals surface area (Å²) in [4.78, 5) is 10.4. The van der Waals surface area contributed by atoms with E-state index in [0.29, 0.717) is 6.04 Å². The maximum absolute atomic E-state index is 10.4. The van der Waals surface area contributed by atoms with E-state index in [0.717, 1.165) is 51.7 Å². The van der Waals surface area contributed by atoms with Gasteiger partial charge in [0.1, 0.15) is 0 Å². The van der Waals surface area contributed by atoms with Crippen molar-refractivity contribution in [3.8, 4) is 0 Å². The van der Waals surface area contributed by atoms with Crippen LogP contribution in [0, 0.1) is 0 Å². The van der Waals surface area contributed by atoms with Gasteiger partial charge >= 0.3 is 5.97 Å². The SMILES string of the molecule is CCC1(CC)CC(NCCCCC(=O)O)CCO1. The molecule has 0 saturated carbocycles. The maximum atomic E-state index is 10.4. The van der Waals surface area contributed by atoms with Crippen molar-refractivity contribution >= 4 is 5.97 Å². The monoisotopic (exact) mass is 257 g/mol. The standard InChI is InChI=1S/C14H27NO3/c1-3-14(4-2)11-12(8-10-18-14)15-9-6-5-7-13(16)17/h12,15H,3-11H2,1-2H3,(H,16,17). The first-order valence-corrected chi connectivity index (χ1v) is 7.21. The molecule has 2 N–H and O–H groups in total. The Bertz CT molecular complexity index is 251. The van der Waals surface area contributed by atoms with Gasteiger partial charge in [-0.25, -0.2) is 0 Å². The Morgan fingerprint density at radius 2 is 2.11 bits per heavy atom. The van der Waals surface area contributed by atoms with E-state index in [4.69, 9.17) is 9.84 Å². The number of hydrogen-bond donors (Lipinski definition) is 2. The van der Waals surface area contributed by atoms with E-state index in [2.05, 4.69) is 19.2 Å². The van der Waals surface area contributed by atoms with E-state index in [1.807, 2.05) is 0 Å². The van der Waals surface area contributed by atoms with Crippen molar-refractivity contribution in [2.24, 2.45) is 0 Å². The van der Waals surface area contributed by atoms with Crippen LogP contribution in [0.4, 0.5) is 0 Å². The number of hydrogen-bond acceptors (Lipinski definition) is 3. The Morgan fingerprint density at radius 3 is 2.72 bits per heavy atom. The van der Waals surface area contributed by atoms with Crippen LogP contribution in [-0.4, -0.2) is 35.9 Å². The van der Waals surface area contributed by atoms with Crippen LogP contribution in [0.2, 0.25) is 0 Å². The number of rotatable bonds is 8. The first-order valence-electron chi connectivity index (χ1n) is 7.21. The molecule has 1 unspecified atom stereocenters. The summed E-state index contributed by atoms with van der Waals surface area (Å²) < 4.78 is 5.94. The van der Waals surface area contributed by atoms with Gasteiger partial charge in [-0.05, 0) is 45.1 Å². The van der Waals surface area contributed by atoms with Crippen molar-refractivity contribution in [1.29, 1.82) is 0 Å². The van der Waals surface area contributed by atoms with Crippen LogP contribution < -0.4 is 5.32 Å². The molecule has 0 bridgehead atoms. The van der Waals surface area contributed by atoms with E-state index in [9.17, 15) is 4.79 Å². The fraction of sp³-hybridized carbons (Fsp3) is 0.929. The predicted molar refractivity (Wildman–Crippen MR) is 71.8 cm³/mol. The van der Waals surface area contributed by atoms with Gasteiger partial charge < -0.3 is 15.2 Å². The highest BCUT2D eigenvalue weighted by Crippen LogP contribution is 2.31. The molecule has 0 aromatic carbocycles. The van der Waals surface area contributed by atoms with Gasteiger partial charge in [0.25, 0.3) is 0 Å². The van der Waals surface area contributed by atoms with E-state index in [-0.39, 0.29) is 12.0 Å². The van der Waals surface area contributed by atoms with Crippen LogP contribution in [0.25, 0.3) is 0 Å². The molecule has 106 valence electrons. The molecule has 1 aliphatic heterocycles. The van der Waals surface area contributed by atoms with Gasteiger partial charge in [0.2, 0.25) is 0 Å². The molecule has 4 nitrogen and oxygen atoms in total. The number of carbonyl (C=O) groups is 1. The molecule has 0 aromatic heterocycles. The minimum Gasteiger partial charge on any atom is -0.481 e. The first kappa shape index (κ1) is 15.4. The zero-order valence-corrected chi connectivity index (χ0v) is 11.7. The fourth-order valence-corrected chi connectivity index (χ4v) is 2.65. The minimum absolute atomic E-state index is 0.0664. The summed E-state index contributed by atoms with van der Waals surface area (Å²) in [5.74, 6) is -0.697. The molecule has 0 radical (unpaired) electrons. The molecule has 1 heterocycles. The van der Waals surface area contributed by atoms with Crippen LogP contribution in [0.1, 0.15) is 58.8 Å². The topological polar surface area (TPSA) is 58.6 Å². The minimum atomic E-state index is -0.697. The van der Waals surface area contributed by atoms with Gasteiger partial charge in [0.05, 0.1) is 5.60 Å². The summed E-state index contributed by atoms with van der Waals surface area (Å²) in [6.07, 6.45) is 6.28. The third kappa shape index (κ3) is 4.94. The summed E-state index contributed by atoms with van der Waals surface area (Å²) in [5.41, 5.74) is 0.0664. The highest BCUT2D eigenvalue weighted by Gasteiger charge is 2.33. The maximum Gasteiger partial charge on any atom is 0.303 e. The van der Waals surface area contributed by atoms with Crippen molar-refractivity contribution < 1.29 is 14.6 Å². The summed E-state index contributed by atoms with van der Waals surface area (Å²) in [6, 6.07) is 0.531. The van der Waals surface area contributed by atoms with Crippen LogP contribution in [0.15, 0.2) is 0 Å². The third-order valence-electron chi connectivity index (χ3n) is 4.03. The second-order valence-corrected chi connectivity index (χ2v) is 5.23. The zero-order valence-electron chi connectivity index (χ0n) is 11.7. The lowest BCUT2D eigenvalue weighted by Crippen LogP contribution is -2.46. The molecule has 18 heavy (non-hydrogen) atoms.